The van der Waals surface area contributed by atoms with Crippen LogP contribution >= 0.6 is 11.8 Å². The van der Waals surface area contributed by atoms with Gasteiger partial charge in [0.15, 0.2) is 20.8 Å². The van der Waals surface area contributed by atoms with Crippen molar-refractivity contribution in [3.63, 3.8) is 0 Å². The summed E-state index contributed by atoms with van der Waals surface area (Å²) in [5.41, 5.74) is 2.72. The van der Waals surface area contributed by atoms with Gasteiger partial charge in [0, 0.05) is 37.0 Å². The first-order valence-corrected chi connectivity index (χ1v) is 12.0. The van der Waals surface area contributed by atoms with E-state index in [1.807, 2.05) is 37.6 Å². The van der Waals surface area contributed by atoms with Crippen LogP contribution in [0.25, 0.3) is 0 Å². The summed E-state index contributed by atoms with van der Waals surface area (Å²) in [5.74, 6) is 1.68. The van der Waals surface area contributed by atoms with E-state index in [0.29, 0.717) is 24.5 Å². The van der Waals surface area contributed by atoms with E-state index in [1.54, 1.807) is 0 Å². The molecule has 28 heavy (non-hydrogen) atoms. The molecule has 9 heteroatoms. The van der Waals surface area contributed by atoms with Crippen LogP contribution in [0.15, 0.2) is 23.9 Å². The van der Waals surface area contributed by atoms with Crippen molar-refractivity contribution in [2.75, 3.05) is 17.3 Å². The van der Waals surface area contributed by atoms with E-state index in [2.05, 4.69) is 21.3 Å². The van der Waals surface area contributed by atoms with Crippen LogP contribution in [0, 0.1) is 19.8 Å². The van der Waals surface area contributed by atoms with E-state index in [4.69, 9.17) is 0 Å². The van der Waals surface area contributed by atoms with Gasteiger partial charge in [-0.05, 0) is 32.3 Å². The Balaban J connectivity index is 1.64. The second-order valence-corrected chi connectivity index (χ2v) is 10.5. The van der Waals surface area contributed by atoms with Crippen LogP contribution in [0.5, 0.6) is 0 Å². The zero-order chi connectivity index (χ0) is 20.5. The summed E-state index contributed by atoms with van der Waals surface area (Å²) < 4.78 is 27.2. The predicted octanol–water partition coefficient (Wildman–Crippen LogP) is 2.37. The first-order chi connectivity index (χ1) is 13.2. The molecule has 1 aliphatic rings. The van der Waals surface area contributed by atoms with E-state index >= 15 is 0 Å². The fourth-order valence-electron chi connectivity index (χ4n) is 3.64. The molecule has 0 aliphatic carbocycles. The van der Waals surface area contributed by atoms with E-state index in [9.17, 15) is 13.2 Å². The lowest BCUT2D eigenvalue weighted by atomic mass is 10.1. The smallest absolute Gasteiger partial charge is 0.191 e. The minimum Gasteiger partial charge on any atom is -0.345 e. The number of allylic oxidation sites excluding steroid dienone is 1. The molecular weight excluding hydrogens is 396 g/mol. The van der Waals surface area contributed by atoms with E-state index in [1.165, 1.54) is 11.8 Å². The number of ketones is 1. The Morgan fingerprint density at radius 3 is 2.79 bits per heavy atom. The summed E-state index contributed by atoms with van der Waals surface area (Å²) >= 11 is 1.36. The quantitative estimate of drug-likeness (QED) is 0.369. The monoisotopic (exact) mass is 422 g/mol. The molecule has 1 saturated heterocycles. The lowest BCUT2D eigenvalue weighted by Gasteiger charge is -2.08. The summed E-state index contributed by atoms with van der Waals surface area (Å²) in [6, 6.07) is 1.92. The van der Waals surface area contributed by atoms with Crippen LogP contribution in [0.1, 0.15) is 34.0 Å². The first kappa shape index (κ1) is 20.9. The summed E-state index contributed by atoms with van der Waals surface area (Å²) in [7, 11) is -1.04. The van der Waals surface area contributed by atoms with E-state index in [0.717, 1.165) is 22.8 Å². The Morgan fingerprint density at radius 1 is 1.39 bits per heavy atom. The maximum Gasteiger partial charge on any atom is 0.191 e. The van der Waals surface area contributed by atoms with Gasteiger partial charge < -0.3 is 9.13 Å². The molecule has 2 aromatic rings. The third-order valence-corrected chi connectivity index (χ3v) is 8.10. The maximum absolute atomic E-state index is 12.7. The molecule has 0 N–H and O–H groups in total. The molecule has 3 heterocycles. The summed E-state index contributed by atoms with van der Waals surface area (Å²) in [6.45, 7) is 8.38. The van der Waals surface area contributed by atoms with Crippen molar-refractivity contribution in [1.29, 1.82) is 0 Å². The molecular formula is C19H26N4O3S2. The van der Waals surface area contributed by atoms with Gasteiger partial charge in [-0.2, -0.15) is 0 Å². The van der Waals surface area contributed by atoms with Gasteiger partial charge in [-0.25, -0.2) is 8.42 Å². The number of rotatable bonds is 8. The average Bonchev–Trinajstić information content (AvgIpc) is 3.25. The van der Waals surface area contributed by atoms with Crippen molar-refractivity contribution in [3.05, 3.63) is 41.5 Å². The van der Waals surface area contributed by atoms with Crippen molar-refractivity contribution >= 4 is 27.4 Å². The molecule has 0 bridgehead atoms. The van der Waals surface area contributed by atoms with Gasteiger partial charge in [-0.15, -0.1) is 16.8 Å². The van der Waals surface area contributed by atoms with Gasteiger partial charge in [0.05, 0.1) is 17.3 Å². The number of thioether (sulfide) groups is 1. The third kappa shape index (κ3) is 4.41. The van der Waals surface area contributed by atoms with Crippen LogP contribution in [0.3, 0.4) is 0 Å². The zero-order valence-electron chi connectivity index (χ0n) is 16.5. The lowest BCUT2D eigenvalue weighted by molar-refractivity contribution is 0.102. The standard InChI is InChI=1S/C19H26N4O3S2/c1-5-7-23-13(2)9-16(14(23)3)17(24)11-27-19-21-20-18(22(19)4)10-15-6-8-28(25,26)12-15/h5,9,15H,1,6-8,10-12H2,2-4H3. The van der Waals surface area contributed by atoms with Gasteiger partial charge in [0.2, 0.25) is 0 Å². The minimum atomic E-state index is -2.90. The molecule has 1 atom stereocenters. The van der Waals surface area contributed by atoms with Gasteiger partial charge >= 0.3 is 0 Å². The summed E-state index contributed by atoms with van der Waals surface area (Å²) in [6.07, 6.45) is 3.09. The summed E-state index contributed by atoms with van der Waals surface area (Å²) in [5, 5.41) is 9.07. The van der Waals surface area contributed by atoms with Crippen molar-refractivity contribution in [3.8, 4) is 0 Å². The van der Waals surface area contributed by atoms with Crippen LogP contribution in [-0.2, 0) is 29.9 Å². The highest BCUT2D eigenvalue weighted by Gasteiger charge is 2.29. The van der Waals surface area contributed by atoms with Crippen molar-refractivity contribution in [1.82, 2.24) is 19.3 Å². The molecule has 3 rings (SSSR count). The van der Waals surface area contributed by atoms with Gasteiger partial charge in [0.1, 0.15) is 5.82 Å². The Kier molecular flexibility index (Phi) is 6.14. The molecule has 152 valence electrons. The second kappa shape index (κ2) is 8.24. The number of carbonyl (C=O) groups excluding carboxylic acids is 1. The topological polar surface area (TPSA) is 86.8 Å². The van der Waals surface area contributed by atoms with Crippen molar-refractivity contribution in [2.45, 2.75) is 38.4 Å². The number of aryl methyl sites for hydroxylation is 1. The van der Waals surface area contributed by atoms with Crippen LogP contribution in [0.4, 0.5) is 0 Å². The fourth-order valence-corrected chi connectivity index (χ4v) is 6.32. The Labute approximate surface area is 170 Å². The number of Topliss-reactive ketones (excluding diaryl/α,β-unsaturated/α-hetero) is 1. The number of hydrogen-bond donors (Lipinski definition) is 0. The van der Waals surface area contributed by atoms with Crippen LogP contribution < -0.4 is 0 Å². The Bertz CT molecular complexity index is 1000. The number of carbonyl (C=O) groups is 1. The van der Waals surface area contributed by atoms with Gasteiger partial charge in [-0.1, -0.05) is 17.8 Å². The van der Waals surface area contributed by atoms with E-state index in [-0.39, 0.29) is 29.0 Å². The molecule has 1 fully saturated rings. The highest BCUT2D eigenvalue weighted by molar-refractivity contribution is 7.99. The molecule has 7 nitrogen and oxygen atoms in total. The van der Waals surface area contributed by atoms with Gasteiger partial charge in [0.25, 0.3) is 0 Å². The lowest BCUT2D eigenvalue weighted by Crippen LogP contribution is -2.11. The highest BCUT2D eigenvalue weighted by atomic mass is 32.2. The second-order valence-electron chi connectivity index (χ2n) is 7.33. The third-order valence-electron chi connectivity index (χ3n) is 5.24. The molecule has 0 amide bonds. The minimum absolute atomic E-state index is 0.0554. The molecule has 1 aliphatic heterocycles. The average molecular weight is 423 g/mol. The zero-order valence-corrected chi connectivity index (χ0v) is 18.1. The predicted molar refractivity (Wildman–Crippen MR) is 111 cm³/mol. The molecule has 1 unspecified atom stereocenters. The Hall–Kier alpha value is -1.87. The largest absolute Gasteiger partial charge is 0.345 e. The number of hydrogen-bond acceptors (Lipinski definition) is 6. The van der Waals surface area contributed by atoms with Crippen LogP contribution in [0.2, 0.25) is 0 Å². The van der Waals surface area contributed by atoms with Crippen molar-refractivity contribution < 1.29 is 13.2 Å². The van der Waals surface area contributed by atoms with Crippen molar-refractivity contribution in [2.24, 2.45) is 13.0 Å². The van der Waals surface area contributed by atoms with E-state index < -0.39 is 9.84 Å². The Morgan fingerprint density at radius 2 is 2.14 bits per heavy atom. The maximum atomic E-state index is 12.7. The summed E-state index contributed by atoms with van der Waals surface area (Å²) in [4.78, 5) is 12.7. The normalized spacial score (nSPS) is 18.5. The number of aromatic nitrogens is 4. The SMILES string of the molecule is C=CCn1c(C)cc(C(=O)CSc2nnc(CC3CCS(=O)(=O)C3)n2C)c1C. The molecule has 2 aromatic heterocycles. The fraction of sp³-hybridized carbons (Fsp3) is 0.526. The number of sulfone groups is 1. The molecule has 0 aromatic carbocycles. The molecule has 0 spiro atoms. The first-order valence-electron chi connectivity index (χ1n) is 9.24. The molecule has 0 saturated carbocycles. The van der Waals surface area contributed by atoms with Gasteiger partial charge in [-0.3, -0.25) is 4.79 Å². The highest BCUT2D eigenvalue weighted by Crippen LogP contribution is 2.25. The number of nitrogens with zero attached hydrogens (tertiary/aromatic N) is 4. The van der Waals surface area contributed by atoms with Crippen LogP contribution in [-0.4, -0.2) is 50.8 Å². The molecule has 0 radical (unpaired) electrons.